The smallest absolute Gasteiger partial charge is 0.138 e. The van der Waals surface area contributed by atoms with Gasteiger partial charge in [-0.15, -0.1) is 0 Å². The van der Waals surface area contributed by atoms with E-state index in [0.29, 0.717) is 0 Å². The van der Waals surface area contributed by atoms with Crippen LogP contribution in [-0.4, -0.2) is 52.8 Å². The van der Waals surface area contributed by atoms with Crippen LogP contribution in [0.25, 0.3) is 0 Å². The van der Waals surface area contributed by atoms with E-state index in [0.717, 1.165) is 51.5 Å². The molecule has 0 amide bonds. The van der Waals surface area contributed by atoms with Crippen molar-refractivity contribution in [3.63, 3.8) is 0 Å². The van der Waals surface area contributed by atoms with Gasteiger partial charge in [0.1, 0.15) is 12.2 Å². The van der Waals surface area contributed by atoms with Crippen LogP contribution in [0.3, 0.4) is 0 Å². The molecular weight excluding hydrogens is 256 g/mol. The molecule has 0 aromatic carbocycles. The Hall–Kier alpha value is -0.980. The Morgan fingerprint density at radius 2 is 2.20 bits per heavy atom. The molecule has 1 aliphatic rings. The Bertz CT molecular complexity index is 396. The molecule has 1 fully saturated rings. The first-order valence-corrected chi connectivity index (χ1v) is 7.50. The Morgan fingerprint density at radius 1 is 1.45 bits per heavy atom. The lowest BCUT2D eigenvalue weighted by Gasteiger charge is -2.43. The van der Waals surface area contributed by atoms with Gasteiger partial charge in [0.25, 0.3) is 0 Å². The van der Waals surface area contributed by atoms with Gasteiger partial charge in [-0.25, -0.2) is 4.98 Å². The maximum absolute atomic E-state index is 6.17. The molecule has 0 spiro atoms. The molecule has 0 saturated carbocycles. The van der Waals surface area contributed by atoms with Crippen LogP contribution in [0, 0.1) is 0 Å². The molecule has 1 aliphatic heterocycles. The number of ether oxygens (including phenoxy) is 2. The molecule has 114 valence electrons. The van der Waals surface area contributed by atoms with Gasteiger partial charge in [0.2, 0.25) is 0 Å². The standard InChI is InChI=1S/C14H26N4O2/c1-4-15-12(10-13-16-11-17-18(13)3)14(20-5-2)6-8-19-9-7-14/h11-12,15H,4-10H2,1-3H3. The van der Waals surface area contributed by atoms with Crippen molar-refractivity contribution in [1.82, 2.24) is 20.1 Å². The molecule has 1 aromatic rings. The molecule has 6 heteroatoms. The van der Waals surface area contributed by atoms with E-state index in [9.17, 15) is 0 Å². The summed E-state index contributed by atoms with van der Waals surface area (Å²) >= 11 is 0. The highest BCUT2D eigenvalue weighted by molar-refractivity contribution is 5.01. The Kier molecular flexibility index (Phi) is 5.51. The fourth-order valence-electron chi connectivity index (χ4n) is 2.98. The predicted molar refractivity (Wildman–Crippen MR) is 76.6 cm³/mol. The lowest BCUT2D eigenvalue weighted by atomic mass is 9.83. The van der Waals surface area contributed by atoms with Gasteiger partial charge in [-0.1, -0.05) is 6.92 Å². The van der Waals surface area contributed by atoms with Gasteiger partial charge in [0.05, 0.1) is 5.60 Å². The van der Waals surface area contributed by atoms with Crippen LogP contribution in [0.1, 0.15) is 32.5 Å². The number of hydrogen-bond acceptors (Lipinski definition) is 5. The summed E-state index contributed by atoms with van der Waals surface area (Å²) in [6.45, 7) is 7.35. The van der Waals surface area contributed by atoms with E-state index in [1.165, 1.54) is 0 Å². The molecule has 1 N–H and O–H groups in total. The number of hydrogen-bond donors (Lipinski definition) is 1. The van der Waals surface area contributed by atoms with Crippen molar-refractivity contribution >= 4 is 0 Å². The SMILES string of the molecule is CCNC(Cc1ncnn1C)C1(OCC)CCOCC1. The first kappa shape index (κ1) is 15.4. The Balaban J connectivity index is 2.17. The topological polar surface area (TPSA) is 61.2 Å². The number of nitrogens with one attached hydrogen (secondary N) is 1. The third-order valence-electron chi connectivity index (χ3n) is 4.05. The highest BCUT2D eigenvalue weighted by Crippen LogP contribution is 2.30. The molecule has 1 aromatic heterocycles. The summed E-state index contributed by atoms with van der Waals surface area (Å²) in [6.07, 6.45) is 4.28. The van der Waals surface area contributed by atoms with Gasteiger partial charge >= 0.3 is 0 Å². The number of aryl methyl sites for hydroxylation is 1. The summed E-state index contributed by atoms with van der Waals surface area (Å²) in [4.78, 5) is 4.35. The molecule has 2 rings (SSSR count). The first-order valence-electron chi connectivity index (χ1n) is 7.50. The zero-order valence-corrected chi connectivity index (χ0v) is 12.8. The molecule has 1 saturated heterocycles. The maximum atomic E-state index is 6.17. The third-order valence-corrected chi connectivity index (χ3v) is 4.05. The van der Waals surface area contributed by atoms with E-state index >= 15 is 0 Å². The van der Waals surface area contributed by atoms with Gasteiger partial charge in [-0.2, -0.15) is 5.10 Å². The molecule has 1 atom stereocenters. The average molecular weight is 282 g/mol. The summed E-state index contributed by atoms with van der Waals surface area (Å²) in [5.74, 6) is 0.988. The zero-order chi connectivity index (χ0) is 14.4. The molecule has 1 unspecified atom stereocenters. The summed E-state index contributed by atoms with van der Waals surface area (Å²) in [6, 6.07) is 0.235. The van der Waals surface area contributed by atoms with Gasteiger partial charge in [0, 0.05) is 52.2 Å². The van der Waals surface area contributed by atoms with Crippen LogP contribution >= 0.6 is 0 Å². The zero-order valence-electron chi connectivity index (χ0n) is 12.8. The summed E-state index contributed by atoms with van der Waals surface area (Å²) in [5.41, 5.74) is -0.158. The van der Waals surface area contributed by atoms with Crippen molar-refractivity contribution in [3.8, 4) is 0 Å². The minimum Gasteiger partial charge on any atom is -0.381 e. The minimum absolute atomic E-state index is 0.158. The van der Waals surface area contributed by atoms with Gasteiger partial charge in [-0.05, 0) is 13.5 Å². The van der Waals surface area contributed by atoms with Crippen LogP contribution < -0.4 is 5.32 Å². The molecule has 0 bridgehead atoms. The minimum atomic E-state index is -0.158. The van der Waals surface area contributed by atoms with Gasteiger partial charge in [-0.3, -0.25) is 4.68 Å². The molecule has 6 nitrogen and oxygen atoms in total. The molecule has 0 aliphatic carbocycles. The first-order chi connectivity index (χ1) is 9.72. The van der Waals surface area contributed by atoms with E-state index in [1.54, 1.807) is 6.33 Å². The van der Waals surface area contributed by atoms with Gasteiger partial charge in [0.15, 0.2) is 0 Å². The average Bonchev–Trinajstić information content (AvgIpc) is 2.85. The predicted octanol–water partition coefficient (Wildman–Crippen LogP) is 0.921. The number of aromatic nitrogens is 3. The number of likely N-dealkylation sites (N-methyl/N-ethyl adjacent to an activating group) is 1. The van der Waals surface area contributed by atoms with Crippen molar-refractivity contribution in [3.05, 3.63) is 12.2 Å². The Morgan fingerprint density at radius 3 is 2.75 bits per heavy atom. The lowest BCUT2D eigenvalue weighted by Crippen LogP contribution is -2.56. The van der Waals surface area contributed by atoms with Crippen molar-refractivity contribution in [2.45, 2.75) is 44.8 Å². The third kappa shape index (κ3) is 3.37. The lowest BCUT2D eigenvalue weighted by molar-refractivity contribution is -0.126. The summed E-state index contributed by atoms with van der Waals surface area (Å²) < 4.78 is 13.5. The summed E-state index contributed by atoms with van der Waals surface area (Å²) in [5, 5.41) is 7.74. The molecule has 20 heavy (non-hydrogen) atoms. The van der Waals surface area contributed by atoms with E-state index in [-0.39, 0.29) is 11.6 Å². The van der Waals surface area contributed by atoms with Crippen LogP contribution in [0.4, 0.5) is 0 Å². The van der Waals surface area contributed by atoms with Crippen LogP contribution in [0.5, 0.6) is 0 Å². The van der Waals surface area contributed by atoms with Crippen molar-refractivity contribution in [1.29, 1.82) is 0 Å². The molecule has 0 radical (unpaired) electrons. The van der Waals surface area contributed by atoms with E-state index in [2.05, 4.69) is 29.2 Å². The van der Waals surface area contributed by atoms with Crippen LogP contribution in [0.15, 0.2) is 6.33 Å². The Labute approximate surface area is 120 Å². The maximum Gasteiger partial charge on any atom is 0.138 e. The largest absolute Gasteiger partial charge is 0.381 e. The fraction of sp³-hybridized carbons (Fsp3) is 0.857. The second kappa shape index (κ2) is 7.15. The number of nitrogens with zero attached hydrogens (tertiary/aromatic N) is 3. The highest BCUT2D eigenvalue weighted by atomic mass is 16.5. The summed E-state index contributed by atoms with van der Waals surface area (Å²) in [7, 11) is 1.93. The number of rotatable bonds is 7. The quantitative estimate of drug-likeness (QED) is 0.806. The van der Waals surface area contributed by atoms with Crippen molar-refractivity contribution < 1.29 is 9.47 Å². The van der Waals surface area contributed by atoms with Crippen LogP contribution in [-0.2, 0) is 22.9 Å². The second-order valence-corrected chi connectivity index (χ2v) is 5.22. The highest BCUT2D eigenvalue weighted by Gasteiger charge is 2.41. The van der Waals surface area contributed by atoms with Crippen molar-refractivity contribution in [2.24, 2.45) is 7.05 Å². The van der Waals surface area contributed by atoms with E-state index in [1.807, 2.05) is 11.7 Å². The molecular formula is C14H26N4O2. The van der Waals surface area contributed by atoms with E-state index < -0.39 is 0 Å². The monoisotopic (exact) mass is 282 g/mol. The second-order valence-electron chi connectivity index (χ2n) is 5.22. The van der Waals surface area contributed by atoms with Crippen molar-refractivity contribution in [2.75, 3.05) is 26.4 Å². The fourth-order valence-corrected chi connectivity index (χ4v) is 2.98. The molecule has 2 heterocycles. The van der Waals surface area contributed by atoms with Gasteiger partial charge < -0.3 is 14.8 Å². The van der Waals surface area contributed by atoms with E-state index in [4.69, 9.17) is 9.47 Å². The normalized spacial score (nSPS) is 19.9. The van der Waals surface area contributed by atoms with Crippen LogP contribution in [0.2, 0.25) is 0 Å².